The van der Waals surface area contributed by atoms with E-state index in [0.717, 1.165) is 10.5 Å². The maximum absolute atomic E-state index is 13.0. The third kappa shape index (κ3) is 6.97. The van der Waals surface area contributed by atoms with Crippen molar-refractivity contribution >= 4 is 17.9 Å². The van der Waals surface area contributed by atoms with Crippen LogP contribution in [0.25, 0.3) is 0 Å². The number of aromatic nitrogens is 1. The summed E-state index contributed by atoms with van der Waals surface area (Å²) in [5.41, 5.74) is 1.52. The summed E-state index contributed by atoms with van der Waals surface area (Å²) in [5.74, 6) is 0.116. The van der Waals surface area contributed by atoms with Crippen molar-refractivity contribution in [3.8, 4) is 5.75 Å². The number of pyridine rings is 1. The Morgan fingerprint density at radius 3 is 2.70 bits per heavy atom. The predicted molar refractivity (Wildman–Crippen MR) is 135 cm³/mol. The van der Waals surface area contributed by atoms with E-state index in [1.165, 1.54) is 18.0 Å². The summed E-state index contributed by atoms with van der Waals surface area (Å²) >= 11 is 1.48. The van der Waals surface area contributed by atoms with E-state index in [1.54, 1.807) is 11.6 Å². The molecule has 0 radical (unpaired) electrons. The highest BCUT2D eigenvalue weighted by Gasteiger charge is 2.22. The van der Waals surface area contributed by atoms with Crippen LogP contribution in [0.1, 0.15) is 42.5 Å². The molecule has 1 atom stereocenters. The highest BCUT2D eigenvalue weighted by atomic mass is 32.2. The van der Waals surface area contributed by atoms with Crippen molar-refractivity contribution in [1.82, 2.24) is 14.6 Å². The SMILES string of the molecule is CC1C=CC=C(SNCc2cc(=O)c(OCc3ccccc3)c(C(=O)NC(C)C)n2C)C=C1. The van der Waals surface area contributed by atoms with Gasteiger partial charge in [-0.05, 0) is 43.4 Å². The molecule has 0 saturated carbocycles. The normalized spacial score (nSPS) is 15.3. The molecule has 0 spiro atoms. The number of allylic oxidation sites excluding steroid dienone is 5. The molecule has 0 fully saturated rings. The summed E-state index contributed by atoms with van der Waals surface area (Å²) in [5, 5.41) is 2.88. The number of nitrogens with zero attached hydrogens (tertiary/aromatic N) is 1. The third-order valence-corrected chi connectivity index (χ3v) is 5.84. The zero-order chi connectivity index (χ0) is 23.8. The van der Waals surface area contributed by atoms with Crippen LogP contribution in [0.4, 0.5) is 0 Å². The maximum atomic E-state index is 13.0. The largest absolute Gasteiger partial charge is 0.483 e. The van der Waals surface area contributed by atoms with Crippen LogP contribution < -0.4 is 20.2 Å². The number of benzene rings is 1. The third-order valence-electron chi connectivity index (χ3n) is 5.05. The standard InChI is InChI=1S/C26H31N3O3S/c1-18(2)28-26(31)24-25(32-17-20-10-6-5-7-11-20)23(30)15-21(29(24)4)16-27-33-22-12-8-9-19(3)13-14-22/h5-15,18-19,27H,16-17H2,1-4H3,(H,28,31). The Balaban J connectivity index is 1.82. The molecule has 0 saturated heterocycles. The van der Waals surface area contributed by atoms with E-state index in [4.69, 9.17) is 4.74 Å². The highest BCUT2D eigenvalue weighted by Crippen LogP contribution is 2.21. The second-order valence-electron chi connectivity index (χ2n) is 8.23. The molecule has 33 heavy (non-hydrogen) atoms. The van der Waals surface area contributed by atoms with E-state index in [2.05, 4.69) is 35.2 Å². The van der Waals surface area contributed by atoms with Gasteiger partial charge in [-0.25, -0.2) is 0 Å². The fourth-order valence-electron chi connectivity index (χ4n) is 3.30. The number of carbonyl (C=O) groups excluding carboxylic acids is 1. The first-order chi connectivity index (χ1) is 15.8. The lowest BCUT2D eigenvalue weighted by Gasteiger charge is -2.19. The van der Waals surface area contributed by atoms with Gasteiger partial charge in [0, 0.05) is 36.3 Å². The number of carbonyl (C=O) groups is 1. The second kappa shape index (κ2) is 11.7. The zero-order valence-electron chi connectivity index (χ0n) is 19.5. The summed E-state index contributed by atoms with van der Waals surface area (Å²) < 4.78 is 10.9. The number of hydrogen-bond acceptors (Lipinski definition) is 5. The van der Waals surface area contributed by atoms with Gasteiger partial charge in [0.25, 0.3) is 5.91 Å². The second-order valence-corrected chi connectivity index (χ2v) is 9.20. The first-order valence-corrected chi connectivity index (χ1v) is 11.8. The van der Waals surface area contributed by atoms with Crippen molar-refractivity contribution in [1.29, 1.82) is 0 Å². The quantitative estimate of drug-likeness (QED) is 0.534. The molecule has 0 bridgehead atoms. The molecule has 1 unspecified atom stereocenters. The van der Waals surface area contributed by atoms with Crippen molar-refractivity contribution < 1.29 is 9.53 Å². The van der Waals surface area contributed by atoms with E-state index in [0.29, 0.717) is 18.2 Å². The number of rotatable bonds is 9. The molecular formula is C26H31N3O3S. The zero-order valence-corrected chi connectivity index (χ0v) is 20.3. The van der Waals surface area contributed by atoms with Crippen LogP contribution >= 0.6 is 11.9 Å². The molecule has 0 aliphatic heterocycles. The topological polar surface area (TPSA) is 72.4 Å². The lowest BCUT2D eigenvalue weighted by molar-refractivity contribution is 0.0927. The molecule has 3 rings (SSSR count). The molecule has 7 heteroatoms. The average molecular weight is 466 g/mol. The molecule has 1 aliphatic rings. The minimum absolute atomic E-state index is 0.0597. The summed E-state index contributed by atoms with van der Waals surface area (Å²) in [4.78, 5) is 27.1. The van der Waals surface area contributed by atoms with Gasteiger partial charge in [-0.2, -0.15) is 0 Å². The maximum Gasteiger partial charge on any atom is 0.272 e. The smallest absolute Gasteiger partial charge is 0.272 e. The Labute approximate surface area is 199 Å². The Hall–Kier alpha value is -3.03. The van der Waals surface area contributed by atoms with Gasteiger partial charge in [-0.1, -0.05) is 61.6 Å². The van der Waals surface area contributed by atoms with Gasteiger partial charge >= 0.3 is 0 Å². The van der Waals surface area contributed by atoms with E-state index in [-0.39, 0.29) is 35.4 Å². The first-order valence-electron chi connectivity index (χ1n) is 11.0. The van der Waals surface area contributed by atoms with Crippen molar-refractivity contribution in [2.75, 3.05) is 0 Å². The molecule has 2 aromatic rings. The molecule has 1 aromatic carbocycles. The van der Waals surface area contributed by atoms with Gasteiger partial charge in [0.2, 0.25) is 5.43 Å². The van der Waals surface area contributed by atoms with Crippen LogP contribution in [0.2, 0.25) is 0 Å². The molecule has 6 nitrogen and oxygen atoms in total. The van der Waals surface area contributed by atoms with Crippen LogP contribution in [0.5, 0.6) is 5.75 Å². The van der Waals surface area contributed by atoms with Gasteiger partial charge in [0.1, 0.15) is 6.61 Å². The van der Waals surface area contributed by atoms with Crippen LogP contribution in [0.3, 0.4) is 0 Å². The summed E-state index contributed by atoms with van der Waals surface area (Å²) in [6.07, 6.45) is 10.4. The fraction of sp³-hybridized carbons (Fsp3) is 0.308. The van der Waals surface area contributed by atoms with Crippen LogP contribution in [0.15, 0.2) is 76.5 Å². The summed E-state index contributed by atoms with van der Waals surface area (Å²) in [7, 11) is 1.78. The van der Waals surface area contributed by atoms with Crippen molar-refractivity contribution in [3.05, 3.63) is 98.9 Å². The van der Waals surface area contributed by atoms with E-state index in [9.17, 15) is 9.59 Å². The molecule has 1 heterocycles. The fourth-order valence-corrected chi connectivity index (χ4v) is 3.98. The Bertz CT molecular complexity index is 1120. The molecule has 174 valence electrons. The minimum atomic E-state index is -0.337. The lowest BCUT2D eigenvalue weighted by Crippen LogP contribution is -2.35. The first kappa shape index (κ1) is 24.6. The molecule has 1 aliphatic carbocycles. The summed E-state index contributed by atoms with van der Waals surface area (Å²) in [6, 6.07) is 11.0. The van der Waals surface area contributed by atoms with E-state index < -0.39 is 0 Å². The minimum Gasteiger partial charge on any atom is -0.483 e. The molecule has 1 amide bonds. The highest BCUT2D eigenvalue weighted by molar-refractivity contribution is 8.01. The lowest BCUT2D eigenvalue weighted by atomic mass is 10.2. The molecule has 1 aromatic heterocycles. The predicted octanol–water partition coefficient (Wildman–Crippen LogP) is 4.49. The van der Waals surface area contributed by atoms with Crippen LogP contribution in [-0.4, -0.2) is 16.5 Å². The van der Waals surface area contributed by atoms with Gasteiger partial charge in [-0.3, -0.25) is 14.3 Å². The monoisotopic (exact) mass is 465 g/mol. The van der Waals surface area contributed by atoms with Crippen molar-refractivity contribution in [2.24, 2.45) is 13.0 Å². The van der Waals surface area contributed by atoms with E-state index >= 15 is 0 Å². The number of ether oxygens (including phenoxy) is 1. The van der Waals surface area contributed by atoms with Crippen LogP contribution in [-0.2, 0) is 20.2 Å². The molecular weight excluding hydrogens is 434 g/mol. The van der Waals surface area contributed by atoms with Gasteiger partial charge in [-0.15, -0.1) is 0 Å². The molecule has 2 N–H and O–H groups in total. The van der Waals surface area contributed by atoms with Gasteiger partial charge in [0.15, 0.2) is 11.4 Å². The number of hydrogen-bond donors (Lipinski definition) is 2. The average Bonchev–Trinajstić information content (AvgIpc) is 2.99. The number of amides is 1. The van der Waals surface area contributed by atoms with Crippen LogP contribution in [0, 0.1) is 5.92 Å². The Kier molecular flexibility index (Phi) is 8.74. The Morgan fingerprint density at radius 1 is 1.21 bits per heavy atom. The Morgan fingerprint density at radius 2 is 1.97 bits per heavy atom. The summed E-state index contributed by atoms with van der Waals surface area (Å²) in [6.45, 7) is 6.50. The van der Waals surface area contributed by atoms with Crippen molar-refractivity contribution in [3.63, 3.8) is 0 Å². The van der Waals surface area contributed by atoms with Crippen molar-refractivity contribution in [2.45, 2.75) is 40.0 Å². The van der Waals surface area contributed by atoms with Gasteiger partial charge < -0.3 is 14.6 Å². The number of nitrogens with one attached hydrogen (secondary N) is 2. The van der Waals surface area contributed by atoms with E-state index in [1.807, 2.05) is 56.3 Å². The van der Waals surface area contributed by atoms with Gasteiger partial charge in [0.05, 0.1) is 0 Å².